The lowest BCUT2D eigenvalue weighted by Crippen LogP contribution is -2.51. The van der Waals surface area contributed by atoms with Gasteiger partial charge in [-0.15, -0.1) is 0 Å². The number of nitriles is 1. The predicted molar refractivity (Wildman–Crippen MR) is 80.3 cm³/mol. The molecule has 0 aliphatic heterocycles. The van der Waals surface area contributed by atoms with Gasteiger partial charge in [-0.3, -0.25) is 4.79 Å². The van der Waals surface area contributed by atoms with Crippen molar-refractivity contribution in [1.29, 1.82) is 5.26 Å². The third-order valence-corrected chi connectivity index (χ3v) is 4.86. The number of hydrogen-bond acceptors (Lipinski definition) is 4. The molecule has 6 heteroatoms. The maximum Gasteiger partial charge on any atom is 0.252 e. The zero-order valence-corrected chi connectivity index (χ0v) is 12.9. The maximum atomic E-state index is 12.3. The van der Waals surface area contributed by atoms with Gasteiger partial charge in [-0.1, -0.05) is 19.3 Å². The van der Waals surface area contributed by atoms with Crippen molar-refractivity contribution in [2.24, 2.45) is 0 Å². The highest BCUT2D eigenvalue weighted by molar-refractivity contribution is 8.00. The fraction of sp³-hybridized carbons (Fsp3) is 0.533. The van der Waals surface area contributed by atoms with Crippen LogP contribution in [0, 0.1) is 16.5 Å². The van der Waals surface area contributed by atoms with Crippen LogP contribution in [0.1, 0.15) is 39.0 Å². The van der Waals surface area contributed by atoms with Gasteiger partial charge in [0, 0.05) is 12.1 Å². The SMILES string of the molecule is CC(Sc1cccc[n+]1[O-])C(=O)NC1(C#N)CCCCC1. The number of aromatic nitrogens is 1. The van der Waals surface area contributed by atoms with E-state index in [9.17, 15) is 15.3 Å². The molecule has 0 spiro atoms. The summed E-state index contributed by atoms with van der Waals surface area (Å²) in [4.78, 5) is 12.3. The summed E-state index contributed by atoms with van der Waals surface area (Å²) in [7, 11) is 0. The molecule has 5 nitrogen and oxygen atoms in total. The molecule has 0 saturated heterocycles. The molecule has 1 N–H and O–H groups in total. The average molecular weight is 305 g/mol. The molecule has 2 rings (SSSR count). The lowest BCUT2D eigenvalue weighted by Gasteiger charge is -2.32. The van der Waals surface area contributed by atoms with Crippen molar-refractivity contribution in [1.82, 2.24) is 5.32 Å². The first-order valence-electron chi connectivity index (χ1n) is 7.14. The average Bonchev–Trinajstić information content (AvgIpc) is 2.50. The Morgan fingerprint density at radius 1 is 1.48 bits per heavy atom. The van der Waals surface area contributed by atoms with Gasteiger partial charge in [-0.05, 0) is 37.6 Å². The Hall–Kier alpha value is -1.74. The van der Waals surface area contributed by atoms with Crippen molar-refractivity contribution in [2.45, 2.75) is 54.8 Å². The zero-order chi connectivity index (χ0) is 15.3. The van der Waals surface area contributed by atoms with Gasteiger partial charge in [0.1, 0.15) is 5.54 Å². The molecule has 0 radical (unpaired) electrons. The molecule has 0 bridgehead atoms. The fourth-order valence-electron chi connectivity index (χ4n) is 2.50. The number of nitrogens with zero attached hydrogens (tertiary/aromatic N) is 2. The highest BCUT2D eigenvalue weighted by atomic mass is 32.2. The van der Waals surface area contributed by atoms with Crippen molar-refractivity contribution in [3.05, 3.63) is 29.6 Å². The number of thioether (sulfide) groups is 1. The summed E-state index contributed by atoms with van der Waals surface area (Å²) in [6.07, 6.45) is 5.87. The summed E-state index contributed by atoms with van der Waals surface area (Å²) < 4.78 is 0.745. The molecule has 1 amide bonds. The largest absolute Gasteiger partial charge is 0.618 e. The van der Waals surface area contributed by atoms with E-state index < -0.39 is 10.8 Å². The summed E-state index contributed by atoms with van der Waals surface area (Å²) >= 11 is 1.21. The van der Waals surface area contributed by atoms with Crippen LogP contribution in [0.5, 0.6) is 0 Å². The van der Waals surface area contributed by atoms with E-state index in [1.807, 2.05) is 0 Å². The molecular weight excluding hydrogens is 286 g/mol. The van der Waals surface area contributed by atoms with Crippen molar-refractivity contribution < 1.29 is 9.52 Å². The molecule has 1 aliphatic rings. The minimum atomic E-state index is -0.728. The first kappa shape index (κ1) is 15.6. The topological polar surface area (TPSA) is 79.8 Å². The number of pyridine rings is 1. The Labute approximate surface area is 128 Å². The third kappa shape index (κ3) is 3.88. The minimum absolute atomic E-state index is 0.188. The highest BCUT2D eigenvalue weighted by Crippen LogP contribution is 2.28. The van der Waals surface area contributed by atoms with E-state index in [1.165, 1.54) is 18.0 Å². The van der Waals surface area contributed by atoms with Crippen LogP contribution in [0.3, 0.4) is 0 Å². The molecule has 1 aliphatic carbocycles. The summed E-state index contributed by atoms with van der Waals surface area (Å²) in [5.41, 5.74) is -0.728. The second-order valence-electron chi connectivity index (χ2n) is 5.37. The number of carbonyl (C=O) groups is 1. The molecule has 0 aromatic carbocycles. The quantitative estimate of drug-likeness (QED) is 0.525. The number of carbonyl (C=O) groups excluding carboxylic acids is 1. The van der Waals surface area contributed by atoms with Gasteiger partial charge < -0.3 is 10.5 Å². The predicted octanol–water partition coefficient (Wildman–Crippen LogP) is 2.14. The summed E-state index contributed by atoms with van der Waals surface area (Å²) in [5.74, 6) is -0.188. The van der Waals surface area contributed by atoms with Crippen LogP contribution in [-0.4, -0.2) is 16.7 Å². The van der Waals surface area contributed by atoms with Crippen LogP contribution in [0.15, 0.2) is 29.4 Å². The van der Waals surface area contributed by atoms with Gasteiger partial charge in [0.05, 0.1) is 11.3 Å². The molecule has 1 aromatic heterocycles. The monoisotopic (exact) mass is 305 g/mol. The van der Waals surface area contributed by atoms with Crippen molar-refractivity contribution in [2.75, 3.05) is 0 Å². The molecule has 1 aromatic rings. The van der Waals surface area contributed by atoms with Crippen LogP contribution in [-0.2, 0) is 4.79 Å². The Morgan fingerprint density at radius 3 is 2.81 bits per heavy atom. The lowest BCUT2D eigenvalue weighted by molar-refractivity contribution is -0.645. The van der Waals surface area contributed by atoms with Crippen LogP contribution < -0.4 is 10.0 Å². The van der Waals surface area contributed by atoms with E-state index in [0.717, 1.165) is 24.0 Å². The molecule has 1 fully saturated rings. The van der Waals surface area contributed by atoms with Gasteiger partial charge in [0.15, 0.2) is 6.20 Å². The first-order valence-corrected chi connectivity index (χ1v) is 8.02. The fourth-order valence-corrected chi connectivity index (χ4v) is 3.35. The highest BCUT2D eigenvalue weighted by Gasteiger charge is 2.35. The van der Waals surface area contributed by atoms with Gasteiger partial charge in [-0.2, -0.15) is 9.99 Å². The van der Waals surface area contributed by atoms with E-state index in [-0.39, 0.29) is 5.91 Å². The van der Waals surface area contributed by atoms with Gasteiger partial charge in [-0.25, -0.2) is 0 Å². The molecular formula is C15H19N3O2S. The van der Waals surface area contributed by atoms with Crippen LogP contribution in [0.25, 0.3) is 0 Å². The second-order valence-corrected chi connectivity index (χ2v) is 6.73. The zero-order valence-electron chi connectivity index (χ0n) is 12.0. The van der Waals surface area contributed by atoms with Gasteiger partial charge >= 0.3 is 0 Å². The summed E-state index contributed by atoms with van der Waals surface area (Å²) in [6, 6.07) is 7.36. The summed E-state index contributed by atoms with van der Waals surface area (Å²) in [5, 5.41) is 23.9. The van der Waals surface area contributed by atoms with Gasteiger partial charge in [0.25, 0.3) is 5.03 Å². The van der Waals surface area contributed by atoms with Gasteiger partial charge in [0.2, 0.25) is 5.91 Å². The normalized spacial score (nSPS) is 18.5. The Bertz CT molecular complexity index is 550. The molecule has 112 valence electrons. The molecule has 1 atom stereocenters. The van der Waals surface area contributed by atoms with Crippen LogP contribution in [0.4, 0.5) is 0 Å². The molecule has 1 heterocycles. The Kier molecular flexibility index (Phi) is 5.07. The van der Waals surface area contributed by atoms with E-state index in [0.29, 0.717) is 17.9 Å². The first-order chi connectivity index (χ1) is 10.1. The van der Waals surface area contributed by atoms with E-state index in [1.54, 1.807) is 25.1 Å². The minimum Gasteiger partial charge on any atom is -0.618 e. The Morgan fingerprint density at radius 2 is 2.19 bits per heavy atom. The standard InChI is InChI=1S/C15H19N3O2S/c1-12(21-13-7-3-6-10-18(13)20)14(19)17-15(11-16)8-4-2-5-9-15/h3,6-7,10,12H,2,4-5,8-9H2,1H3,(H,17,19). The third-order valence-electron chi connectivity index (χ3n) is 3.74. The number of amides is 1. The summed E-state index contributed by atoms with van der Waals surface area (Å²) in [6.45, 7) is 1.75. The van der Waals surface area contributed by atoms with Crippen molar-refractivity contribution >= 4 is 17.7 Å². The molecule has 1 unspecified atom stereocenters. The number of nitrogens with one attached hydrogen (secondary N) is 1. The lowest BCUT2D eigenvalue weighted by atomic mass is 9.83. The van der Waals surface area contributed by atoms with Crippen molar-refractivity contribution in [3.8, 4) is 6.07 Å². The molecule has 21 heavy (non-hydrogen) atoms. The van der Waals surface area contributed by atoms with E-state index >= 15 is 0 Å². The second kappa shape index (κ2) is 6.81. The van der Waals surface area contributed by atoms with E-state index in [4.69, 9.17) is 0 Å². The van der Waals surface area contributed by atoms with Crippen LogP contribution in [0.2, 0.25) is 0 Å². The van der Waals surface area contributed by atoms with Crippen LogP contribution >= 0.6 is 11.8 Å². The Balaban J connectivity index is 1.99. The molecule has 1 saturated carbocycles. The number of rotatable bonds is 4. The van der Waals surface area contributed by atoms with E-state index in [2.05, 4.69) is 11.4 Å². The number of hydrogen-bond donors (Lipinski definition) is 1. The smallest absolute Gasteiger partial charge is 0.252 e. The maximum absolute atomic E-state index is 12.3. The van der Waals surface area contributed by atoms with Crippen molar-refractivity contribution in [3.63, 3.8) is 0 Å².